The molecule has 0 spiro atoms. The van der Waals surface area contributed by atoms with Crippen LogP contribution in [-0.2, 0) is 19.6 Å². The molecule has 0 aliphatic carbocycles. The molecule has 0 fully saturated rings. The fourth-order valence-corrected chi connectivity index (χ4v) is 2.89. The summed E-state index contributed by atoms with van der Waals surface area (Å²) in [5.41, 5.74) is 2.74. The lowest BCUT2D eigenvalue weighted by Gasteiger charge is -2.19. The normalized spacial score (nSPS) is 14.8. The fourth-order valence-electron chi connectivity index (χ4n) is 2.89. The van der Waals surface area contributed by atoms with E-state index in [2.05, 4.69) is 40.0 Å². The zero-order valence-corrected chi connectivity index (χ0v) is 14.7. The van der Waals surface area contributed by atoms with Crippen LogP contribution < -0.4 is 0 Å². The van der Waals surface area contributed by atoms with Gasteiger partial charge in [0, 0.05) is 31.7 Å². The average molecular weight is 334 g/mol. The summed E-state index contributed by atoms with van der Waals surface area (Å²) in [4.78, 5) is 2.37. The van der Waals surface area contributed by atoms with Gasteiger partial charge >= 0.3 is 0 Å². The Morgan fingerprint density at radius 2 is 2.00 bits per heavy atom. The Balaban J connectivity index is 1.67. The minimum Gasteiger partial charge on any atom is -0.378 e. The third-order valence-corrected chi connectivity index (χ3v) is 4.08. The number of aryl methyl sites for hydroxylation is 1. The Bertz CT molecular complexity index is 841. The maximum absolute atomic E-state index is 9.67. The van der Waals surface area contributed by atoms with Crippen molar-refractivity contribution in [1.82, 2.24) is 14.7 Å². The lowest BCUT2D eigenvalue weighted by atomic mass is 10.1. The second kappa shape index (κ2) is 7.11. The van der Waals surface area contributed by atoms with E-state index in [1.165, 1.54) is 5.56 Å². The van der Waals surface area contributed by atoms with Crippen molar-refractivity contribution < 1.29 is 5.11 Å². The van der Waals surface area contributed by atoms with Crippen LogP contribution in [0.1, 0.15) is 42.8 Å². The third kappa shape index (κ3) is 4.70. The molecule has 1 aliphatic heterocycles. The molecule has 0 radical (unpaired) electrons. The van der Waals surface area contributed by atoms with Crippen LogP contribution in [0.3, 0.4) is 0 Å². The fraction of sp³-hybridized carbons (Fsp3) is 0.400. The van der Waals surface area contributed by atoms with Gasteiger partial charge in [0.25, 0.3) is 0 Å². The van der Waals surface area contributed by atoms with E-state index in [4.69, 9.17) is 5.26 Å². The first-order chi connectivity index (χ1) is 11.9. The summed E-state index contributed by atoms with van der Waals surface area (Å²) in [7, 11) is 0. The maximum Gasteiger partial charge on any atom is 0.162 e. The quantitative estimate of drug-likeness (QED) is 0.856. The number of benzene rings is 1. The van der Waals surface area contributed by atoms with Gasteiger partial charge in [-0.05, 0) is 44.0 Å². The zero-order valence-electron chi connectivity index (χ0n) is 14.7. The van der Waals surface area contributed by atoms with Crippen LogP contribution in [0, 0.1) is 23.2 Å². The molecule has 0 amide bonds. The molecule has 5 heteroatoms. The van der Waals surface area contributed by atoms with Gasteiger partial charge in [-0.25, -0.2) is 0 Å². The number of nitriles is 1. The first kappa shape index (κ1) is 17.2. The van der Waals surface area contributed by atoms with Crippen LogP contribution in [-0.4, -0.2) is 31.9 Å². The van der Waals surface area contributed by atoms with Gasteiger partial charge in [0.1, 0.15) is 11.7 Å². The molecule has 3 rings (SSSR count). The molecule has 1 aromatic carbocycles. The van der Waals surface area contributed by atoms with Crippen molar-refractivity contribution in [3.63, 3.8) is 0 Å². The molecule has 2 aromatic rings. The van der Waals surface area contributed by atoms with Crippen LogP contribution in [0.4, 0.5) is 0 Å². The van der Waals surface area contributed by atoms with Gasteiger partial charge < -0.3 is 5.11 Å². The largest absolute Gasteiger partial charge is 0.378 e. The summed E-state index contributed by atoms with van der Waals surface area (Å²) in [5.74, 6) is 5.82. The highest BCUT2D eigenvalue weighted by Crippen LogP contribution is 2.16. The van der Waals surface area contributed by atoms with Gasteiger partial charge in [0.15, 0.2) is 5.69 Å². The van der Waals surface area contributed by atoms with E-state index >= 15 is 0 Å². The van der Waals surface area contributed by atoms with Crippen molar-refractivity contribution in [2.75, 3.05) is 6.54 Å². The van der Waals surface area contributed by atoms with Crippen LogP contribution >= 0.6 is 0 Å². The zero-order chi connectivity index (χ0) is 17.9. The van der Waals surface area contributed by atoms with Gasteiger partial charge in [0.2, 0.25) is 0 Å². The molecule has 128 valence electrons. The van der Waals surface area contributed by atoms with Gasteiger partial charge in [-0.3, -0.25) is 9.58 Å². The lowest BCUT2D eigenvalue weighted by Crippen LogP contribution is -2.22. The number of aliphatic hydroxyl groups is 1. The topological polar surface area (TPSA) is 65.1 Å². The SMILES string of the molecule is CC(C)(O)C#Cc1ccc(CN2CCCn3nc(C#N)cc3C2)cc1. The molecule has 0 atom stereocenters. The van der Waals surface area contributed by atoms with Crippen LogP contribution in [0.2, 0.25) is 0 Å². The Morgan fingerprint density at radius 3 is 2.68 bits per heavy atom. The minimum absolute atomic E-state index is 0.492. The van der Waals surface area contributed by atoms with E-state index in [1.54, 1.807) is 13.8 Å². The number of nitrogens with zero attached hydrogens (tertiary/aromatic N) is 4. The second-order valence-electron chi connectivity index (χ2n) is 6.93. The first-order valence-corrected chi connectivity index (χ1v) is 8.47. The van der Waals surface area contributed by atoms with Crippen LogP contribution in [0.25, 0.3) is 0 Å². The third-order valence-electron chi connectivity index (χ3n) is 4.08. The standard InChI is InChI=1S/C20H22N4O/c1-20(2,25)9-8-16-4-6-17(7-5-16)14-23-10-3-11-24-19(15-23)12-18(13-21)22-24/h4-7,12,25H,3,10-11,14-15H2,1-2H3. The van der Waals surface area contributed by atoms with Crippen LogP contribution in [0.5, 0.6) is 0 Å². The number of fused-ring (bicyclic) bond motifs is 1. The summed E-state index contributed by atoms with van der Waals surface area (Å²) in [6.45, 7) is 6.87. The Morgan fingerprint density at radius 1 is 1.24 bits per heavy atom. The number of rotatable bonds is 2. The molecule has 0 bridgehead atoms. The first-order valence-electron chi connectivity index (χ1n) is 8.47. The molecule has 0 unspecified atom stereocenters. The highest BCUT2D eigenvalue weighted by molar-refractivity contribution is 5.37. The average Bonchev–Trinajstić information content (AvgIpc) is 2.86. The molecule has 1 N–H and O–H groups in total. The maximum atomic E-state index is 9.67. The Kier molecular flexibility index (Phi) is 4.90. The summed E-state index contributed by atoms with van der Waals surface area (Å²) in [6.07, 6.45) is 1.02. The monoisotopic (exact) mass is 334 g/mol. The molecule has 0 saturated carbocycles. The number of aromatic nitrogens is 2. The van der Waals surface area contributed by atoms with Gasteiger partial charge in [-0.1, -0.05) is 24.0 Å². The van der Waals surface area contributed by atoms with Gasteiger partial charge in [-0.15, -0.1) is 0 Å². The molecule has 2 heterocycles. The molecular weight excluding hydrogens is 312 g/mol. The van der Waals surface area contributed by atoms with E-state index in [1.807, 2.05) is 22.9 Å². The lowest BCUT2D eigenvalue weighted by molar-refractivity contribution is 0.143. The Labute approximate surface area is 148 Å². The van der Waals surface area contributed by atoms with Crippen molar-refractivity contribution >= 4 is 0 Å². The van der Waals surface area contributed by atoms with E-state index in [0.29, 0.717) is 5.69 Å². The predicted octanol–water partition coefficient (Wildman–Crippen LogP) is 2.28. The summed E-state index contributed by atoms with van der Waals surface area (Å²) in [5, 5.41) is 23.0. The minimum atomic E-state index is -0.976. The molecule has 25 heavy (non-hydrogen) atoms. The summed E-state index contributed by atoms with van der Waals surface area (Å²) < 4.78 is 1.95. The van der Waals surface area contributed by atoms with E-state index in [0.717, 1.165) is 43.9 Å². The second-order valence-corrected chi connectivity index (χ2v) is 6.93. The summed E-state index contributed by atoms with van der Waals surface area (Å²) >= 11 is 0. The summed E-state index contributed by atoms with van der Waals surface area (Å²) in [6, 6.07) is 12.1. The van der Waals surface area contributed by atoms with E-state index in [-0.39, 0.29) is 0 Å². The predicted molar refractivity (Wildman–Crippen MR) is 95.3 cm³/mol. The highest BCUT2D eigenvalue weighted by atomic mass is 16.3. The number of hydrogen-bond acceptors (Lipinski definition) is 4. The van der Waals surface area contributed by atoms with Crippen molar-refractivity contribution in [3.8, 4) is 17.9 Å². The van der Waals surface area contributed by atoms with E-state index < -0.39 is 5.60 Å². The molecular formula is C20H22N4O. The van der Waals surface area contributed by atoms with Crippen LogP contribution in [0.15, 0.2) is 30.3 Å². The Hall–Kier alpha value is -2.60. The van der Waals surface area contributed by atoms with Crippen molar-refractivity contribution in [1.29, 1.82) is 5.26 Å². The molecule has 1 aliphatic rings. The molecule has 5 nitrogen and oxygen atoms in total. The van der Waals surface area contributed by atoms with E-state index in [9.17, 15) is 5.11 Å². The van der Waals surface area contributed by atoms with Crippen molar-refractivity contribution in [2.24, 2.45) is 0 Å². The van der Waals surface area contributed by atoms with Crippen molar-refractivity contribution in [2.45, 2.75) is 45.5 Å². The molecule has 1 aromatic heterocycles. The van der Waals surface area contributed by atoms with Gasteiger partial charge in [0.05, 0.1) is 5.69 Å². The highest BCUT2D eigenvalue weighted by Gasteiger charge is 2.16. The van der Waals surface area contributed by atoms with Crippen molar-refractivity contribution in [3.05, 3.63) is 52.8 Å². The molecule has 0 saturated heterocycles. The van der Waals surface area contributed by atoms with Gasteiger partial charge in [-0.2, -0.15) is 10.4 Å². The smallest absolute Gasteiger partial charge is 0.162 e. The number of hydrogen-bond donors (Lipinski definition) is 1.